The van der Waals surface area contributed by atoms with Gasteiger partial charge in [-0.3, -0.25) is 4.79 Å². The van der Waals surface area contributed by atoms with E-state index in [1.807, 2.05) is 6.92 Å². The van der Waals surface area contributed by atoms with Gasteiger partial charge in [0, 0.05) is 38.9 Å². The van der Waals surface area contributed by atoms with E-state index in [9.17, 15) is 4.79 Å². The Hall–Kier alpha value is -1.95. The maximum Gasteiger partial charge on any atom is 0.254 e. The van der Waals surface area contributed by atoms with Crippen LogP contribution in [0.3, 0.4) is 0 Å². The van der Waals surface area contributed by atoms with Crippen LogP contribution >= 0.6 is 0 Å². The molecule has 0 saturated carbocycles. The van der Waals surface area contributed by atoms with Gasteiger partial charge in [-0.1, -0.05) is 18.6 Å². The highest BCUT2D eigenvalue weighted by Gasteiger charge is 2.19. The molecule has 0 atom stereocenters. The highest BCUT2D eigenvalue weighted by Crippen LogP contribution is 2.19. The molecule has 0 bridgehead atoms. The fourth-order valence-corrected chi connectivity index (χ4v) is 3.66. The average molecular weight is 358 g/mol. The van der Waals surface area contributed by atoms with Gasteiger partial charge in [0.1, 0.15) is 0 Å². The second kappa shape index (κ2) is 9.12. The van der Waals surface area contributed by atoms with Crippen molar-refractivity contribution in [1.82, 2.24) is 20.2 Å². The lowest BCUT2D eigenvalue weighted by molar-refractivity contribution is 0.0952. The smallest absolute Gasteiger partial charge is 0.254 e. The minimum absolute atomic E-state index is 0.0683. The van der Waals surface area contributed by atoms with Crippen molar-refractivity contribution in [3.05, 3.63) is 29.1 Å². The molecule has 1 amide bonds. The van der Waals surface area contributed by atoms with E-state index in [1.54, 1.807) is 6.20 Å². The van der Waals surface area contributed by atoms with E-state index >= 15 is 0 Å². The summed E-state index contributed by atoms with van der Waals surface area (Å²) in [4.78, 5) is 26.1. The number of aryl methyl sites for hydroxylation is 1. The summed E-state index contributed by atoms with van der Waals surface area (Å²) in [7, 11) is 0. The van der Waals surface area contributed by atoms with Crippen LogP contribution in [0.15, 0.2) is 17.8 Å². The molecular formula is C20H31N5O. The highest BCUT2D eigenvalue weighted by molar-refractivity contribution is 5.95. The quantitative estimate of drug-likeness (QED) is 0.793. The van der Waals surface area contributed by atoms with Crippen LogP contribution < -0.4 is 10.2 Å². The van der Waals surface area contributed by atoms with E-state index in [4.69, 9.17) is 0 Å². The van der Waals surface area contributed by atoms with Crippen molar-refractivity contribution in [1.29, 1.82) is 0 Å². The molecule has 0 aromatic carbocycles. The molecule has 1 saturated heterocycles. The summed E-state index contributed by atoms with van der Waals surface area (Å²) in [5, 5.41) is 3.02. The lowest BCUT2D eigenvalue weighted by atomic mass is 9.97. The van der Waals surface area contributed by atoms with Crippen molar-refractivity contribution in [3.63, 3.8) is 0 Å². The number of amides is 1. The van der Waals surface area contributed by atoms with Gasteiger partial charge in [0.15, 0.2) is 0 Å². The molecule has 26 heavy (non-hydrogen) atoms. The number of carbonyl (C=O) groups excluding carboxylic acids is 1. The fraction of sp³-hybridized carbons (Fsp3) is 0.650. The molecule has 1 N–H and O–H groups in total. The van der Waals surface area contributed by atoms with Gasteiger partial charge in [0.2, 0.25) is 5.95 Å². The van der Waals surface area contributed by atoms with Gasteiger partial charge in [0.05, 0.1) is 11.3 Å². The number of hydrogen-bond acceptors (Lipinski definition) is 5. The first kappa shape index (κ1) is 18.8. The zero-order chi connectivity index (χ0) is 18.4. The Balaban J connectivity index is 1.53. The molecule has 6 nitrogen and oxygen atoms in total. The molecule has 1 aromatic rings. The number of likely N-dealkylation sites (N-methyl/N-ethyl adjacent to an activating group) is 1. The summed E-state index contributed by atoms with van der Waals surface area (Å²) in [5.41, 5.74) is 2.81. The standard InChI is InChI=1S/C20H31N5O/c1-3-24-11-13-25(14-12-24)20-22-15-18(16(2)23-20)19(26)21-10-9-17-7-5-4-6-8-17/h7,15H,3-6,8-14H2,1-2H3,(H,21,26). The molecule has 1 aromatic heterocycles. The largest absolute Gasteiger partial charge is 0.352 e. The third kappa shape index (κ3) is 4.81. The van der Waals surface area contributed by atoms with Crippen LogP contribution in [0.2, 0.25) is 0 Å². The molecule has 0 radical (unpaired) electrons. The Kier molecular flexibility index (Phi) is 6.61. The van der Waals surface area contributed by atoms with Crippen LogP contribution in [0.1, 0.15) is 55.1 Å². The Morgan fingerprint density at radius 3 is 2.69 bits per heavy atom. The summed E-state index contributed by atoms with van der Waals surface area (Å²) in [5.74, 6) is 0.670. The lowest BCUT2D eigenvalue weighted by Gasteiger charge is -2.34. The normalized spacial score (nSPS) is 18.5. The number of piperazine rings is 1. The van der Waals surface area contributed by atoms with Crippen LogP contribution in [-0.2, 0) is 0 Å². The Labute approximate surface area is 156 Å². The van der Waals surface area contributed by atoms with Crippen LogP contribution in [0.4, 0.5) is 5.95 Å². The van der Waals surface area contributed by atoms with E-state index in [2.05, 4.69) is 38.1 Å². The number of allylic oxidation sites excluding steroid dienone is 1. The lowest BCUT2D eigenvalue weighted by Crippen LogP contribution is -2.46. The van der Waals surface area contributed by atoms with Gasteiger partial charge in [-0.2, -0.15) is 0 Å². The first-order valence-corrected chi connectivity index (χ1v) is 9.94. The molecule has 1 aliphatic heterocycles. The Bertz CT molecular complexity index is 650. The number of nitrogens with one attached hydrogen (secondary N) is 1. The molecule has 6 heteroatoms. The van der Waals surface area contributed by atoms with E-state index in [0.717, 1.165) is 50.8 Å². The average Bonchev–Trinajstić information content (AvgIpc) is 2.68. The third-order valence-electron chi connectivity index (χ3n) is 5.43. The minimum Gasteiger partial charge on any atom is -0.352 e. The second-order valence-electron chi connectivity index (χ2n) is 7.20. The molecule has 0 unspecified atom stereocenters. The van der Waals surface area contributed by atoms with Crippen molar-refractivity contribution >= 4 is 11.9 Å². The predicted molar refractivity (Wildman–Crippen MR) is 105 cm³/mol. The summed E-state index contributed by atoms with van der Waals surface area (Å²) in [6.07, 6.45) is 9.90. The summed E-state index contributed by atoms with van der Waals surface area (Å²) < 4.78 is 0. The number of anilines is 1. The van der Waals surface area contributed by atoms with Crippen molar-refractivity contribution in [2.24, 2.45) is 0 Å². The number of nitrogens with zero attached hydrogens (tertiary/aromatic N) is 4. The number of rotatable bonds is 6. The molecule has 2 aliphatic rings. The number of carbonyl (C=O) groups is 1. The van der Waals surface area contributed by atoms with Crippen molar-refractivity contribution in [3.8, 4) is 0 Å². The maximum atomic E-state index is 12.4. The molecule has 1 aliphatic carbocycles. The number of hydrogen-bond donors (Lipinski definition) is 1. The van der Waals surface area contributed by atoms with Crippen LogP contribution in [0.25, 0.3) is 0 Å². The molecule has 142 valence electrons. The van der Waals surface area contributed by atoms with Crippen LogP contribution in [0, 0.1) is 6.92 Å². The van der Waals surface area contributed by atoms with Gasteiger partial charge >= 0.3 is 0 Å². The monoisotopic (exact) mass is 357 g/mol. The third-order valence-corrected chi connectivity index (χ3v) is 5.43. The maximum absolute atomic E-state index is 12.4. The predicted octanol–water partition coefficient (Wildman–Crippen LogP) is 2.55. The zero-order valence-corrected chi connectivity index (χ0v) is 16.1. The molecule has 3 rings (SSSR count). The van der Waals surface area contributed by atoms with E-state index in [1.165, 1.54) is 31.3 Å². The topological polar surface area (TPSA) is 61.4 Å². The molecule has 1 fully saturated rings. The van der Waals surface area contributed by atoms with Gasteiger partial charge < -0.3 is 15.1 Å². The zero-order valence-electron chi connectivity index (χ0n) is 16.1. The Morgan fingerprint density at radius 2 is 2.04 bits per heavy atom. The van der Waals surface area contributed by atoms with Gasteiger partial charge in [-0.25, -0.2) is 9.97 Å². The second-order valence-corrected chi connectivity index (χ2v) is 7.20. The van der Waals surface area contributed by atoms with E-state index in [0.29, 0.717) is 12.1 Å². The first-order valence-electron chi connectivity index (χ1n) is 9.94. The first-order chi connectivity index (χ1) is 12.7. The van der Waals surface area contributed by atoms with Crippen LogP contribution in [0.5, 0.6) is 0 Å². The Morgan fingerprint density at radius 1 is 1.23 bits per heavy atom. The van der Waals surface area contributed by atoms with Crippen molar-refractivity contribution in [2.75, 3.05) is 44.2 Å². The summed E-state index contributed by atoms with van der Waals surface area (Å²) in [6.45, 7) is 9.81. The van der Waals surface area contributed by atoms with Crippen molar-refractivity contribution < 1.29 is 4.79 Å². The van der Waals surface area contributed by atoms with Crippen LogP contribution in [-0.4, -0.2) is 60.0 Å². The molecule has 0 spiro atoms. The highest BCUT2D eigenvalue weighted by atomic mass is 16.1. The summed E-state index contributed by atoms with van der Waals surface area (Å²) in [6, 6.07) is 0. The van der Waals surface area contributed by atoms with Crippen molar-refractivity contribution in [2.45, 2.75) is 46.0 Å². The minimum atomic E-state index is -0.0683. The molecular weight excluding hydrogens is 326 g/mol. The SMILES string of the molecule is CCN1CCN(c2ncc(C(=O)NCCC3=CCCCC3)c(C)n2)CC1. The van der Waals surface area contributed by atoms with Gasteiger partial charge in [-0.15, -0.1) is 0 Å². The van der Waals surface area contributed by atoms with Gasteiger partial charge in [-0.05, 0) is 45.6 Å². The summed E-state index contributed by atoms with van der Waals surface area (Å²) >= 11 is 0. The fourth-order valence-electron chi connectivity index (χ4n) is 3.66. The van der Waals surface area contributed by atoms with E-state index < -0.39 is 0 Å². The van der Waals surface area contributed by atoms with Gasteiger partial charge in [0.25, 0.3) is 5.91 Å². The molecule has 2 heterocycles. The number of aromatic nitrogens is 2. The van der Waals surface area contributed by atoms with E-state index in [-0.39, 0.29) is 5.91 Å².